The van der Waals surface area contributed by atoms with E-state index in [2.05, 4.69) is 27.1 Å². The van der Waals surface area contributed by atoms with E-state index in [0.717, 1.165) is 64.8 Å². The summed E-state index contributed by atoms with van der Waals surface area (Å²) in [5, 5.41) is 10.3. The Balaban J connectivity index is 0.000000817. The quantitative estimate of drug-likeness (QED) is 0.742. The number of amides is 1. The van der Waals surface area contributed by atoms with Gasteiger partial charge in [0, 0.05) is 45.2 Å². The highest BCUT2D eigenvalue weighted by molar-refractivity contribution is 7.09. The number of hydrogen-bond acceptors (Lipinski definition) is 6. The van der Waals surface area contributed by atoms with Gasteiger partial charge in [-0.05, 0) is 25.7 Å². The molecule has 1 saturated carbocycles. The summed E-state index contributed by atoms with van der Waals surface area (Å²) in [6, 6.07) is 0. The van der Waals surface area contributed by atoms with Crippen molar-refractivity contribution in [1.82, 2.24) is 14.8 Å². The van der Waals surface area contributed by atoms with Crippen molar-refractivity contribution in [2.45, 2.75) is 45.6 Å². The van der Waals surface area contributed by atoms with E-state index >= 15 is 0 Å². The van der Waals surface area contributed by atoms with Gasteiger partial charge >= 0.3 is 0 Å². The molecule has 1 aliphatic heterocycles. The summed E-state index contributed by atoms with van der Waals surface area (Å²) < 4.78 is 5.34. The van der Waals surface area contributed by atoms with Gasteiger partial charge in [-0.25, -0.2) is 4.98 Å². The zero-order valence-corrected chi connectivity index (χ0v) is 17.2. The van der Waals surface area contributed by atoms with Crippen LogP contribution in [0.25, 0.3) is 0 Å². The van der Waals surface area contributed by atoms with Crippen molar-refractivity contribution in [3.63, 3.8) is 0 Å². The summed E-state index contributed by atoms with van der Waals surface area (Å²) in [4.78, 5) is 30.5. The highest BCUT2D eigenvalue weighted by Gasteiger charge is 2.46. The number of thiazole rings is 1. The van der Waals surface area contributed by atoms with Crippen LogP contribution < -0.4 is 0 Å². The number of nitrogens with zero attached hydrogens (tertiary/aromatic N) is 3. The van der Waals surface area contributed by atoms with E-state index in [4.69, 9.17) is 14.6 Å². The number of carboxylic acid groups (broad SMARTS) is 1. The van der Waals surface area contributed by atoms with E-state index in [-0.39, 0.29) is 11.9 Å². The molecule has 1 aromatic heterocycles. The van der Waals surface area contributed by atoms with Gasteiger partial charge in [-0.2, -0.15) is 0 Å². The second-order valence-corrected chi connectivity index (χ2v) is 8.12. The van der Waals surface area contributed by atoms with Gasteiger partial charge in [0.2, 0.25) is 5.91 Å². The molecule has 0 spiro atoms. The summed E-state index contributed by atoms with van der Waals surface area (Å²) in [6.07, 6.45) is 5.17. The molecule has 2 aliphatic rings. The van der Waals surface area contributed by atoms with Gasteiger partial charge in [-0.15, -0.1) is 11.3 Å². The largest absolute Gasteiger partial charge is 0.483 e. The fraction of sp³-hybridized carbons (Fsp3) is 0.737. The molecule has 3 rings (SSSR count). The standard InChI is InChI=1S/C18H29N3O2S.CH2O2/c1-3-16-19-15(13-24-16)12-20-8-5-9-21(11-10-20)17(22)18(14-23-2)6-4-7-18;2-1-3/h13H,3-12,14H2,1-2H3;1H,(H,2,3). The minimum Gasteiger partial charge on any atom is -0.483 e. The molecule has 7 nitrogen and oxygen atoms in total. The third kappa shape index (κ3) is 5.73. The number of hydrogen-bond donors (Lipinski definition) is 1. The molecule has 8 heteroatoms. The smallest absolute Gasteiger partial charge is 0.290 e. The molecule has 1 amide bonds. The highest BCUT2D eigenvalue weighted by Crippen LogP contribution is 2.42. The van der Waals surface area contributed by atoms with Crippen LogP contribution in [0.1, 0.15) is 43.3 Å². The fourth-order valence-corrected chi connectivity index (χ4v) is 4.52. The number of methoxy groups -OCH3 is 1. The Bertz CT molecular complexity index is 604. The number of aryl methyl sites for hydroxylation is 1. The first-order valence-corrected chi connectivity index (χ1v) is 10.5. The molecule has 0 aromatic carbocycles. The third-order valence-corrected chi connectivity index (χ3v) is 6.39. The Morgan fingerprint density at radius 2 is 2.07 bits per heavy atom. The molecule has 1 saturated heterocycles. The van der Waals surface area contributed by atoms with Crippen LogP contribution in [0.15, 0.2) is 5.38 Å². The minimum atomic E-state index is -0.250. The average Bonchev–Trinajstić information content (AvgIpc) is 2.95. The number of ether oxygens (including phenoxy) is 1. The first-order chi connectivity index (χ1) is 13.1. The van der Waals surface area contributed by atoms with Gasteiger partial charge < -0.3 is 14.7 Å². The van der Waals surface area contributed by atoms with Crippen molar-refractivity contribution < 1.29 is 19.4 Å². The van der Waals surface area contributed by atoms with Gasteiger partial charge in [0.15, 0.2) is 0 Å². The second-order valence-electron chi connectivity index (χ2n) is 7.18. The predicted molar refractivity (Wildman–Crippen MR) is 105 cm³/mol. The van der Waals surface area contributed by atoms with Gasteiger partial charge in [-0.1, -0.05) is 13.3 Å². The molecule has 0 radical (unpaired) electrons. The predicted octanol–water partition coefficient (Wildman–Crippen LogP) is 2.26. The summed E-state index contributed by atoms with van der Waals surface area (Å²) in [5.74, 6) is 0.319. The van der Waals surface area contributed by atoms with E-state index in [1.807, 2.05) is 0 Å². The lowest BCUT2D eigenvalue weighted by Gasteiger charge is -2.42. The van der Waals surface area contributed by atoms with Gasteiger partial charge in [-0.3, -0.25) is 14.5 Å². The summed E-state index contributed by atoms with van der Waals surface area (Å²) in [5.41, 5.74) is 0.945. The Labute approximate surface area is 165 Å². The maximum Gasteiger partial charge on any atom is 0.290 e. The molecule has 2 heterocycles. The second kappa shape index (κ2) is 10.7. The normalized spacial score (nSPS) is 19.4. The van der Waals surface area contributed by atoms with Crippen molar-refractivity contribution in [2.24, 2.45) is 5.41 Å². The van der Waals surface area contributed by atoms with Crippen LogP contribution in [0.3, 0.4) is 0 Å². The van der Waals surface area contributed by atoms with Crippen LogP contribution in [-0.2, 0) is 27.3 Å². The average molecular weight is 398 g/mol. The van der Waals surface area contributed by atoms with Gasteiger partial charge in [0.25, 0.3) is 6.47 Å². The summed E-state index contributed by atoms with van der Waals surface area (Å²) in [7, 11) is 1.70. The van der Waals surface area contributed by atoms with E-state index in [1.165, 1.54) is 10.7 Å². The molecule has 1 aliphatic carbocycles. The number of carbonyl (C=O) groups excluding carboxylic acids is 1. The highest BCUT2D eigenvalue weighted by atomic mass is 32.1. The van der Waals surface area contributed by atoms with E-state index < -0.39 is 0 Å². The summed E-state index contributed by atoms with van der Waals surface area (Å²) in [6.45, 7) is 7.06. The Morgan fingerprint density at radius 3 is 2.63 bits per heavy atom. The zero-order valence-electron chi connectivity index (χ0n) is 16.4. The van der Waals surface area contributed by atoms with Crippen LogP contribution in [0.4, 0.5) is 0 Å². The van der Waals surface area contributed by atoms with Crippen molar-refractivity contribution in [1.29, 1.82) is 0 Å². The molecule has 1 N–H and O–H groups in total. The van der Waals surface area contributed by atoms with Crippen LogP contribution in [0.5, 0.6) is 0 Å². The maximum absolute atomic E-state index is 13.0. The Hall–Kier alpha value is -1.51. The van der Waals surface area contributed by atoms with E-state index in [0.29, 0.717) is 12.5 Å². The first-order valence-electron chi connectivity index (χ1n) is 9.60. The van der Waals surface area contributed by atoms with Crippen molar-refractivity contribution in [3.8, 4) is 0 Å². The SMILES string of the molecule is CCc1nc(CN2CCCN(C(=O)C3(COC)CCC3)CC2)cs1.O=CO. The molecule has 2 fully saturated rings. The first kappa shape index (κ1) is 21.8. The molecule has 152 valence electrons. The zero-order chi connectivity index (χ0) is 19.7. The van der Waals surface area contributed by atoms with Gasteiger partial charge in [0.1, 0.15) is 0 Å². The third-order valence-electron chi connectivity index (χ3n) is 5.35. The maximum atomic E-state index is 13.0. The topological polar surface area (TPSA) is 83.0 Å². The molecular formula is C19H31N3O4S. The lowest BCUT2D eigenvalue weighted by Crippen LogP contribution is -2.51. The van der Waals surface area contributed by atoms with Gasteiger partial charge in [0.05, 0.1) is 22.7 Å². The lowest BCUT2D eigenvalue weighted by molar-refractivity contribution is -0.152. The Kier molecular flexibility index (Phi) is 8.66. The van der Waals surface area contributed by atoms with Crippen LogP contribution >= 0.6 is 11.3 Å². The van der Waals surface area contributed by atoms with E-state index in [1.54, 1.807) is 18.4 Å². The molecular weight excluding hydrogens is 366 g/mol. The van der Waals surface area contributed by atoms with Crippen LogP contribution in [0.2, 0.25) is 0 Å². The Morgan fingerprint density at radius 1 is 1.33 bits per heavy atom. The van der Waals surface area contributed by atoms with Crippen LogP contribution in [-0.4, -0.2) is 72.2 Å². The van der Waals surface area contributed by atoms with Crippen LogP contribution in [0, 0.1) is 5.41 Å². The minimum absolute atomic E-state index is 0.227. The molecule has 0 atom stereocenters. The van der Waals surface area contributed by atoms with E-state index in [9.17, 15) is 4.79 Å². The van der Waals surface area contributed by atoms with Crippen molar-refractivity contribution in [3.05, 3.63) is 16.1 Å². The number of carbonyl (C=O) groups is 2. The van der Waals surface area contributed by atoms with Crippen molar-refractivity contribution >= 4 is 23.7 Å². The molecule has 27 heavy (non-hydrogen) atoms. The fourth-order valence-electron chi connectivity index (χ4n) is 3.78. The van der Waals surface area contributed by atoms with Crippen molar-refractivity contribution in [2.75, 3.05) is 39.9 Å². The number of aromatic nitrogens is 1. The molecule has 0 bridgehead atoms. The lowest BCUT2D eigenvalue weighted by atomic mass is 9.68. The molecule has 1 aromatic rings. The molecule has 0 unspecified atom stereocenters. The summed E-state index contributed by atoms with van der Waals surface area (Å²) >= 11 is 1.75. The number of rotatable bonds is 6. The monoisotopic (exact) mass is 397 g/mol.